The van der Waals surface area contributed by atoms with Crippen LogP contribution in [0.3, 0.4) is 0 Å². The van der Waals surface area contributed by atoms with Crippen molar-refractivity contribution < 1.29 is 0 Å². The normalized spacial score (nSPS) is 40.0. The summed E-state index contributed by atoms with van der Waals surface area (Å²) >= 11 is 0. The van der Waals surface area contributed by atoms with E-state index in [0.717, 1.165) is 29.6 Å². The van der Waals surface area contributed by atoms with E-state index in [1.807, 2.05) is 0 Å². The fourth-order valence-electron chi connectivity index (χ4n) is 5.85. The average Bonchev–Trinajstić information content (AvgIpc) is 2.42. The molecule has 4 aliphatic carbocycles. The van der Waals surface area contributed by atoms with E-state index < -0.39 is 0 Å². The van der Waals surface area contributed by atoms with E-state index in [1.54, 1.807) is 6.42 Å². The van der Waals surface area contributed by atoms with Gasteiger partial charge in [-0.1, -0.05) is 24.3 Å². The Morgan fingerprint density at radius 1 is 1.00 bits per heavy atom. The zero-order valence-electron chi connectivity index (χ0n) is 12.6. The highest BCUT2D eigenvalue weighted by Crippen LogP contribution is 2.58. The van der Waals surface area contributed by atoms with Gasteiger partial charge in [-0.25, -0.2) is 0 Å². The molecule has 0 radical (unpaired) electrons. The molecule has 4 aliphatic rings. The van der Waals surface area contributed by atoms with Gasteiger partial charge in [-0.3, -0.25) is 0 Å². The highest BCUT2D eigenvalue weighted by Gasteiger charge is 2.48. The Morgan fingerprint density at radius 3 is 2.20 bits per heavy atom. The summed E-state index contributed by atoms with van der Waals surface area (Å²) in [6.07, 6.45) is 8.82. The quantitative estimate of drug-likeness (QED) is 0.861. The van der Waals surface area contributed by atoms with Gasteiger partial charge in [0.2, 0.25) is 0 Å². The third-order valence-corrected chi connectivity index (χ3v) is 6.54. The van der Waals surface area contributed by atoms with Crippen LogP contribution in [0, 0.1) is 36.5 Å². The van der Waals surface area contributed by atoms with Crippen molar-refractivity contribution in [1.82, 2.24) is 0 Å². The maximum absolute atomic E-state index is 6.58. The van der Waals surface area contributed by atoms with E-state index in [9.17, 15) is 0 Å². The molecule has 0 spiro atoms. The molecule has 1 nitrogen and oxygen atoms in total. The van der Waals surface area contributed by atoms with E-state index in [-0.39, 0.29) is 6.04 Å². The summed E-state index contributed by atoms with van der Waals surface area (Å²) < 4.78 is 0. The summed E-state index contributed by atoms with van der Waals surface area (Å²) in [6.45, 7) is 2.20. The van der Waals surface area contributed by atoms with E-state index in [2.05, 4.69) is 31.2 Å². The lowest BCUT2D eigenvalue weighted by molar-refractivity contribution is -0.0420. The largest absolute Gasteiger partial charge is 0.324 e. The first kappa shape index (κ1) is 12.9. The fourth-order valence-corrected chi connectivity index (χ4v) is 5.85. The van der Waals surface area contributed by atoms with Crippen LogP contribution >= 0.6 is 0 Å². The van der Waals surface area contributed by atoms with E-state index in [4.69, 9.17) is 5.73 Å². The number of benzene rings is 1. The van der Waals surface area contributed by atoms with Crippen LogP contribution in [0.1, 0.15) is 55.7 Å². The standard InChI is InChI=1S/C19H27N/c1-12-4-2-3-5-17(12)19(20)11-18-15-7-13-6-14(9-15)10-16(18)8-13/h2-5,13-16,18-19H,6-11,20H2,1H3. The first-order chi connectivity index (χ1) is 9.70. The minimum Gasteiger partial charge on any atom is -0.324 e. The van der Waals surface area contributed by atoms with Crippen LogP contribution in [-0.2, 0) is 0 Å². The third-order valence-electron chi connectivity index (χ3n) is 6.54. The van der Waals surface area contributed by atoms with Gasteiger partial charge in [0, 0.05) is 6.04 Å². The second-order valence-corrected chi connectivity index (χ2v) is 7.79. The van der Waals surface area contributed by atoms with Crippen LogP contribution in [0.25, 0.3) is 0 Å². The van der Waals surface area contributed by atoms with Gasteiger partial charge in [0.05, 0.1) is 0 Å². The molecule has 1 atom stereocenters. The molecule has 2 N–H and O–H groups in total. The molecular weight excluding hydrogens is 242 g/mol. The highest BCUT2D eigenvalue weighted by molar-refractivity contribution is 5.28. The Kier molecular flexibility index (Phi) is 3.14. The molecule has 0 amide bonds. The third kappa shape index (κ3) is 2.11. The first-order valence-corrected chi connectivity index (χ1v) is 8.52. The summed E-state index contributed by atoms with van der Waals surface area (Å²) in [6, 6.07) is 8.94. The van der Waals surface area contributed by atoms with Crippen LogP contribution in [0.15, 0.2) is 24.3 Å². The maximum atomic E-state index is 6.58. The molecule has 0 aromatic heterocycles. The Morgan fingerprint density at radius 2 is 1.60 bits per heavy atom. The molecule has 4 fully saturated rings. The Labute approximate surface area is 122 Å². The molecule has 20 heavy (non-hydrogen) atoms. The molecule has 4 saturated carbocycles. The molecule has 108 valence electrons. The zero-order valence-corrected chi connectivity index (χ0v) is 12.6. The number of nitrogens with two attached hydrogens (primary N) is 1. The lowest BCUT2D eigenvalue weighted by atomic mass is 9.51. The fraction of sp³-hybridized carbons (Fsp3) is 0.684. The second kappa shape index (κ2) is 4.87. The number of aryl methyl sites for hydroxylation is 1. The molecule has 0 saturated heterocycles. The predicted molar refractivity (Wildman–Crippen MR) is 83.3 cm³/mol. The van der Waals surface area contributed by atoms with Gasteiger partial charge in [-0.15, -0.1) is 0 Å². The summed E-state index contributed by atoms with van der Waals surface area (Å²) in [5, 5.41) is 0. The zero-order chi connectivity index (χ0) is 13.7. The maximum Gasteiger partial charge on any atom is 0.0300 e. The molecule has 5 rings (SSSR count). The van der Waals surface area contributed by atoms with Crippen LogP contribution in [0.5, 0.6) is 0 Å². The van der Waals surface area contributed by atoms with Crippen molar-refractivity contribution in [3.63, 3.8) is 0 Å². The first-order valence-electron chi connectivity index (χ1n) is 8.52. The Bertz CT molecular complexity index is 464. The summed E-state index contributed by atoms with van der Waals surface area (Å²) in [5.41, 5.74) is 9.32. The molecule has 1 unspecified atom stereocenters. The van der Waals surface area contributed by atoms with Crippen molar-refractivity contribution in [2.45, 2.75) is 51.5 Å². The number of hydrogen-bond donors (Lipinski definition) is 1. The van der Waals surface area contributed by atoms with Crippen molar-refractivity contribution in [1.29, 1.82) is 0 Å². The molecule has 1 heteroatoms. The van der Waals surface area contributed by atoms with E-state index in [0.29, 0.717) is 0 Å². The molecule has 0 aliphatic heterocycles. The van der Waals surface area contributed by atoms with Crippen LogP contribution in [0.2, 0.25) is 0 Å². The highest BCUT2D eigenvalue weighted by atomic mass is 14.7. The molecule has 0 heterocycles. The lowest BCUT2D eigenvalue weighted by Crippen LogP contribution is -2.45. The number of rotatable bonds is 3. The van der Waals surface area contributed by atoms with Gasteiger partial charge in [0.1, 0.15) is 0 Å². The topological polar surface area (TPSA) is 26.0 Å². The van der Waals surface area contributed by atoms with Crippen LogP contribution in [-0.4, -0.2) is 0 Å². The monoisotopic (exact) mass is 269 g/mol. The minimum atomic E-state index is 0.249. The Balaban J connectivity index is 1.50. The van der Waals surface area contributed by atoms with E-state index >= 15 is 0 Å². The van der Waals surface area contributed by atoms with E-state index in [1.165, 1.54) is 43.2 Å². The molecular formula is C19H27N. The van der Waals surface area contributed by atoms with Gasteiger partial charge < -0.3 is 5.73 Å². The van der Waals surface area contributed by atoms with Gasteiger partial charge >= 0.3 is 0 Å². The lowest BCUT2D eigenvalue weighted by Gasteiger charge is -2.55. The van der Waals surface area contributed by atoms with Gasteiger partial charge in [-0.05, 0) is 86.2 Å². The second-order valence-electron chi connectivity index (χ2n) is 7.79. The average molecular weight is 269 g/mol. The van der Waals surface area contributed by atoms with Crippen LogP contribution < -0.4 is 5.73 Å². The van der Waals surface area contributed by atoms with Crippen molar-refractivity contribution in [2.24, 2.45) is 35.3 Å². The molecule has 4 bridgehead atoms. The number of hydrogen-bond acceptors (Lipinski definition) is 1. The predicted octanol–water partition coefficient (Wildman–Crippen LogP) is 4.46. The van der Waals surface area contributed by atoms with Crippen molar-refractivity contribution in [3.8, 4) is 0 Å². The molecule has 1 aromatic carbocycles. The van der Waals surface area contributed by atoms with Gasteiger partial charge in [0.15, 0.2) is 0 Å². The van der Waals surface area contributed by atoms with Gasteiger partial charge in [-0.2, -0.15) is 0 Å². The minimum absolute atomic E-state index is 0.249. The van der Waals surface area contributed by atoms with Gasteiger partial charge in [0.25, 0.3) is 0 Å². The van der Waals surface area contributed by atoms with Crippen LogP contribution in [0.4, 0.5) is 0 Å². The summed E-state index contributed by atoms with van der Waals surface area (Å²) in [7, 11) is 0. The SMILES string of the molecule is Cc1ccccc1C(N)CC1C2CC3CC(C2)CC1C3. The van der Waals surface area contributed by atoms with Crippen molar-refractivity contribution in [2.75, 3.05) is 0 Å². The summed E-state index contributed by atoms with van der Waals surface area (Å²) in [4.78, 5) is 0. The smallest absolute Gasteiger partial charge is 0.0300 e. The van der Waals surface area contributed by atoms with Crippen molar-refractivity contribution >= 4 is 0 Å². The van der Waals surface area contributed by atoms with Crippen molar-refractivity contribution in [3.05, 3.63) is 35.4 Å². The summed E-state index contributed by atoms with van der Waals surface area (Å²) in [5.74, 6) is 5.06. The Hall–Kier alpha value is -0.820. The molecule has 1 aromatic rings.